The van der Waals surface area contributed by atoms with Crippen molar-refractivity contribution in [2.45, 2.75) is 63.8 Å². The predicted molar refractivity (Wildman–Crippen MR) is 94.1 cm³/mol. The SMILES string of the molecule is CCN(CC(=O)O)C1CC(NC(C)CCc2cccc(C(F)(F)F)c2)C1. The second-order valence-corrected chi connectivity index (χ2v) is 7.08. The van der Waals surface area contributed by atoms with Gasteiger partial charge in [0.05, 0.1) is 12.1 Å². The third kappa shape index (κ3) is 5.99. The third-order valence-corrected chi connectivity index (χ3v) is 5.01. The number of rotatable bonds is 9. The predicted octanol–water partition coefficient (Wildman–Crippen LogP) is 3.55. The molecule has 0 aromatic heterocycles. The number of hydrogen-bond donors (Lipinski definition) is 2. The first-order valence-electron chi connectivity index (χ1n) is 9.07. The van der Waals surface area contributed by atoms with E-state index in [4.69, 9.17) is 5.11 Å². The van der Waals surface area contributed by atoms with Crippen LogP contribution in [-0.4, -0.2) is 47.2 Å². The number of benzene rings is 1. The fourth-order valence-electron chi connectivity index (χ4n) is 3.47. The molecule has 1 aromatic carbocycles. The summed E-state index contributed by atoms with van der Waals surface area (Å²) >= 11 is 0. The Morgan fingerprint density at radius 3 is 2.65 bits per heavy atom. The molecule has 1 unspecified atom stereocenters. The van der Waals surface area contributed by atoms with Gasteiger partial charge in [0.1, 0.15) is 0 Å². The van der Waals surface area contributed by atoms with E-state index >= 15 is 0 Å². The summed E-state index contributed by atoms with van der Waals surface area (Å²) in [5, 5.41) is 12.4. The van der Waals surface area contributed by atoms with Crippen LogP contribution >= 0.6 is 0 Å². The zero-order chi connectivity index (χ0) is 19.3. The zero-order valence-electron chi connectivity index (χ0n) is 15.2. The summed E-state index contributed by atoms with van der Waals surface area (Å²) in [5.41, 5.74) is 0.0918. The molecule has 1 saturated carbocycles. The summed E-state index contributed by atoms with van der Waals surface area (Å²) in [4.78, 5) is 12.8. The number of carbonyl (C=O) groups is 1. The fraction of sp³-hybridized carbons (Fsp3) is 0.632. The Kier molecular flexibility index (Phi) is 7.06. The molecule has 0 heterocycles. The number of hydrogen-bond acceptors (Lipinski definition) is 3. The maximum Gasteiger partial charge on any atom is 0.416 e. The van der Waals surface area contributed by atoms with Crippen LogP contribution in [0.15, 0.2) is 24.3 Å². The van der Waals surface area contributed by atoms with E-state index in [1.165, 1.54) is 12.1 Å². The van der Waals surface area contributed by atoms with Crippen molar-refractivity contribution in [1.29, 1.82) is 0 Å². The van der Waals surface area contributed by atoms with Gasteiger partial charge in [-0.2, -0.15) is 13.2 Å². The smallest absolute Gasteiger partial charge is 0.416 e. The molecule has 0 bridgehead atoms. The van der Waals surface area contributed by atoms with Gasteiger partial charge in [-0.3, -0.25) is 9.69 Å². The normalized spacial score (nSPS) is 21.5. The number of carboxylic acids is 1. The molecule has 1 aromatic rings. The maximum absolute atomic E-state index is 12.7. The lowest BCUT2D eigenvalue weighted by molar-refractivity contribution is -0.139. The van der Waals surface area contributed by atoms with Crippen molar-refractivity contribution in [3.8, 4) is 0 Å². The van der Waals surface area contributed by atoms with E-state index < -0.39 is 17.7 Å². The van der Waals surface area contributed by atoms with Crippen LogP contribution in [0.3, 0.4) is 0 Å². The standard InChI is InChI=1S/C19H27F3N2O2/c1-3-24(12-18(25)26)17-10-16(11-17)23-13(2)7-8-14-5-4-6-15(9-14)19(20,21)22/h4-6,9,13,16-17,23H,3,7-8,10-12H2,1-2H3,(H,25,26). The lowest BCUT2D eigenvalue weighted by Gasteiger charge is -2.43. The van der Waals surface area contributed by atoms with E-state index in [0.29, 0.717) is 24.1 Å². The molecule has 0 spiro atoms. The average molecular weight is 372 g/mol. The van der Waals surface area contributed by atoms with Crippen molar-refractivity contribution in [1.82, 2.24) is 10.2 Å². The van der Waals surface area contributed by atoms with Gasteiger partial charge in [-0.05, 0) is 50.8 Å². The highest BCUT2D eigenvalue weighted by atomic mass is 19.4. The zero-order valence-corrected chi connectivity index (χ0v) is 15.2. The number of carboxylic acid groups (broad SMARTS) is 1. The topological polar surface area (TPSA) is 52.6 Å². The quantitative estimate of drug-likeness (QED) is 0.696. The number of aliphatic carboxylic acids is 1. The molecule has 2 N–H and O–H groups in total. The number of alkyl halides is 3. The first-order valence-corrected chi connectivity index (χ1v) is 9.07. The molecule has 0 saturated heterocycles. The number of aryl methyl sites for hydroxylation is 1. The molecule has 0 amide bonds. The third-order valence-electron chi connectivity index (χ3n) is 5.01. The lowest BCUT2D eigenvalue weighted by Crippen LogP contribution is -2.55. The molecule has 1 fully saturated rings. The van der Waals surface area contributed by atoms with E-state index in [1.54, 1.807) is 6.07 Å². The molecule has 2 rings (SSSR count). The Balaban J connectivity index is 1.74. The molecule has 146 valence electrons. The van der Waals surface area contributed by atoms with Gasteiger partial charge in [-0.15, -0.1) is 0 Å². The monoisotopic (exact) mass is 372 g/mol. The number of nitrogens with zero attached hydrogens (tertiary/aromatic N) is 1. The minimum atomic E-state index is -4.30. The summed E-state index contributed by atoms with van der Waals surface area (Å²) in [6.07, 6.45) is -1.13. The van der Waals surface area contributed by atoms with E-state index in [1.807, 2.05) is 18.7 Å². The van der Waals surface area contributed by atoms with Crippen LogP contribution in [-0.2, 0) is 17.4 Å². The summed E-state index contributed by atoms with van der Waals surface area (Å²) < 4.78 is 38.2. The summed E-state index contributed by atoms with van der Waals surface area (Å²) in [6, 6.07) is 6.34. The Morgan fingerprint density at radius 2 is 2.08 bits per heavy atom. The molecular weight excluding hydrogens is 345 g/mol. The van der Waals surface area contributed by atoms with Gasteiger partial charge >= 0.3 is 12.1 Å². The molecule has 1 atom stereocenters. The largest absolute Gasteiger partial charge is 0.480 e. The summed E-state index contributed by atoms with van der Waals surface area (Å²) in [5.74, 6) is -0.808. The van der Waals surface area contributed by atoms with Gasteiger partial charge < -0.3 is 10.4 Å². The molecule has 7 heteroatoms. The summed E-state index contributed by atoms with van der Waals surface area (Å²) in [6.45, 7) is 4.78. The van der Waals surface area contributed by atoms with Gasteiger partial charge in [0, 0.05) is 18.1 Å². The Bertz CT molecular complexity index is 601. The van der Waals surface area contributed by atoms with Crippen LogP contribution in [0.2, 0.25) is 0 Å². The Hall–Kier alpha value is -1.60. The molecular formula is C19H27F3N2O2. The Labute approximate surface area is 152 Å². The average Bonchev–Trinajstić information content (AvgIpc) is 2.53. The lowest BCUT2D eigenvalue weighted by atomic mass is 9.84. The highest BCUT2D eigenvalue weighted by Crippen LogP contribution is 2.30. The number of nitrogens with one attached hydrogen (secondary N) is 1. The van der Waals surface area contributed by atoms with Crippen LogP contribution in [0.25, 0.3) is 0 Å². The minimum absolute atomic E-state index is 0.0684. The van der Waals surface area contributed by atoms with Gasteiger partial charge in [0.2, 0.25) is 0 Å². The first kappa shape index (κ1) is 20.7. The van der Waals surface area contributed by atoms with Crippen LogP contribution in [0.1, 0.15) is 44.2 Å². The molecule has 26 heavy (non-hydrogen) atoms. The van der Waals surface area contributed by atoms with Crippen LogP contribution in [0.5, 0.6) is 0 Å². The minimum Gasteiger partial charge on any atom is -0.480 e. The van der Waals surface area contributed by atoms with Crippen LogP contribution < -0.4 is 5.32 Å². The van der Waals surface area contributed by atoms with Crippen LogP contribution in [0, 0.1) is 0 Å². The van der Waals surface area contributed by atoms with Gasteiger partial charge in [0.15, 0.2) is 0 Å². The van der Waals surface area contributed by atoms with E-state index in [9.17, 15) is 18.0 Å². The van der Waals surface area contributed by atoms with Gasteiger partial charge in [-0.1, -0.05) is 25.1 Å². The summed E-state index contributed by atoms with van der Waals surface area (Å²) in [7, 11) is 0. The van der Waals surface area contributed by atoms with Crippen molar-refractivity contribution in [2.75, 3.05) is 13.1 Å². The van der Waals surface area contributed by atoms with Gasteiger partial charge in [0.25, 0.3) is 0 Å². The van der Waals surface area contributed by atoms with Crippen molar-refractivity contribution in [2.24, 2.45) is 0 Å². The second-order valence-electron chi connectivity index (χ2n) is 7.08. The van der Waals surface area contributed by atoms with Crippen molar-refractivity contribution in [3.05, 3.63) is 35.4 Å². The van der Waals surface area contributed by atoms with E-state index in [0.717, 1.165) is 31.9 Å². The number of halogens is 3. The van der Waals surface area contributed by atoms with Crippen molar-refractivity contribution in [3.63, 3.8) is 0 Å². The van der Waals surface area contributed by atoms with E-state index in [2.05, 4.69) is 5.32 Å². The second kappa shape index (κ2) is 8.86. The van der Waals surface area contributed by atoms with Gasteiger partial charge in [-0.25, -0.2) is 0 Å². The molecule has 1 aliphatic rings. The highest BCUT2D eigenvalue weighted by molar-refractivity contribution is 5.69. The van der Waals surface area contributed by atoms with Crippen molar-refractivity contribution < 1.29 is 23.1 Å². The Morgan fingerprint density at radius 1 is 1.38 bits per heavy atom. The van der Waals surface area contributed by atoms with E-state index in [-0.39, 0.29) is 12.6 Å². The first-order chi connectivity index (χ1) is 12.2. The maximum atomic E-state index is 12.7. The van der Waals surface area contributed by atoms with Crippen LogP contribution in [0.4, 0.5) is 13.2 Å². The van der Waals surface area contributed by atoms with Crippen molar-refractivity contribution >= 4 is 5.97 Å². The number of likely N-dealkylation sites (N-methyl/N-ethyl adjacent to an activating group) is 1. The molecule has 0 aliphatic heterocycles. The molecule has 1 aliphatic carbocycles. The fourth-order valence-corrected chi connectivity index (χ4v) is 3.47. The molecule has 0 radical (unpaired) electrons. The molecule has 4 nitrogen and oxygen atoms in total. The highest BCUT2D eigenvalue weighted by Gasteiger charge is 2.34.